The first-order valence-corrected chi connectivity index (χ1v) is 8.06. The van der Waals surface area contributed by atoms with Crippen molar-refractivity contribution in [1.29, 1.82) is 0 Å². The predicted molar refractivity (Wildman–Crippen MR) is 98.6 cm³/mol. The Morgan fingerprint density at radius 1 is 1.00 bits per heavy atom. The van der Waals surface area contributed by atoms with Gasteiger partial charge in [-0.3, -0.25) is 18.6 Å². The molecule has 1 amide bonds. The number of hydrogen-bond donors (Lipinski definition) is 1. The van der Waals surface area contributed by atoms with E-state index in [9.17, 15) is 9.59 Å². The maximum Gasteiger partial charge on any atom is 0.279 e. The van der Waals surface area contributed by atoms with Crippen LogP contribution in [0.2, 0.25) is 0 Å². The minimum atomic E-state index is -0.240. The van der Waals surface area contributed by atoms with Gasteiger partial charge in [0.1, 0.15) is 11.2 Å². The number of carbonyl (C=O) groups excluding carboxylic acids is 1. The minimum absolute atomic E-state index is 0.146. The van der Waals surface area contributed by atoms with Crippen LogP contribution in [0.5, 0.6) is 0 Å². The van der Waals surface area contributed by atoms with Crippen LogP contribution in [0.4, 0.5) is 0 Å². The molecule has 4 rings (SSSR count). The first-order chi connectivity index (χ1) is 12.1. The van der Waals surface area contributed by atoms with Crippen LogP contribution >= 0.6 is 0 Å². The van der Waals surface area contributed by atoms with Crippen LogP contribution in [0.1, 0.15) is 16.1 Å². The molecule has 0 aliphatic rings. The molecule has 0 aliphatic carbocycles. The number of amides is 1. The number of aromatic nitrogens is 2. The molecular formula is C20H17N3O2. The number of nitrogens with zero attached hydrogens (tertiary/aromatic N) is 2. The lowest BCUT2D eigenvalue weighted by atomic mass is 10.2. The Balaban J connectivity index is 2.24. The lowest BCUT2D eigenvalue weighted by Crippen LogP contribution is -2.28. The van der Waals surface area contributed by atoms with Crippen LogP contribution < -0.4 is 10.9 Å². The van der Waals surface area contributed by atoms with Crippen molar-refractivity contribution in [1.82, 2.24) is 14.3 Å². The normalized spacial score (nSPS) is 11.1. The van der Waals surface area contributed by atoms with Crippen LogP contribution in [0.25, 0.3) is 22.1 Å². The second kappa shape index (κ2) is 5.63. The van der Waals surface area contributed by atoms with Crippen LogP contribution in [0, 0.1) is 6.92 Å². The number of carbonyl (C=O) groups is 1. The first kappa shape index (κ1) is 15.2. The van der Waals surface area contributed by atoms with Gasteiger partial charge in [-0.05, 0) is 30.7 Å². The SMILES string of the molecule is CNC(=O)c1cn(-c2ccccc2)c(=O)c2c(C)c3ccccc3n12. The van der Waals surface area contributed by atoms with Gasteiger partial charge in [0.2, 0.25) is 0 Å². The van der Waals surface area contributed by atoms with Gasteiger partial charge in [0, 0.05) is 24.3 Å². The molecule has 0 aliphatic heterocycles. The minimum Gasteiger partial charge on any atom is -0.354 e. The van der Waals surface area contributed by atoms with E-state index in [0.29, 0.717) is 11.2 Å². The van der Waals surface area contributed by atoms with E-state index in [1.807, 2.05) is 61.5 Å². The van der Waals surface area contributed by atoms with Gasteiger partial charge in [0.05, 0.1) is 5.52 Å². The average Bonchev–Trinajstić information content (AvgIpc) is 2.96. The lowest BCUT2D eigenvalue weighted by molar-refractivity contribution is 0.0956. The molecule has 5 heteroatoms. The van der Waals surface area contributed by atoms with Crippen molar-refractivity contribution in [2.45, 2.75) is 6.92 Å². The van der Waals surface area contributed by atoms with Gasteiger partial charge in [-0.25, -0.2) is 0 Å². The molecule has 0 radical (unpaired) electrons. The van der Waals surface area contributed by atoms with E-state index in [0.717, 1.165) is 22.2 Å². The predicted octanol–water partition coefficient (Wildman–Crippen LogP) is 2.91. The molecular weight excluding hydrogens is 314 g/mol. The third-order valence-corrected chi connectivity index (χ3v) is 4.54. The average molecular weight is 331 g/mol. The maximum atomic E-state index is 13.2. The smallest absolute Gasteiger partial charge is 0.279 e. The van der Waals surface area contributed by atoms with E-state index < -0.39 is 0 Å². The van der Waals surface area contributed by atoms with Crippen LogP contribution in [-0.4, -0.2) is 21.9 Å². The highest BCUT2D eigenvalue weighted by molar-refractivity contribution is 5.99. The molecule has 0 atom stereocenters. The van der Waals surface area contributed by atoms with Gasteiger partial charge in [-0.2, -0.15) is 0 Å². The van der Waals surface area contributed by atoms with Gasteiger partial charge in [0.15, 0.2) is 0 Å². The zero-order valence-corrected chi connectivity index (χ0v) is 14.0. The number of hydrogen-bond acceptors (Lipinski definition) is 2. The number of aryl methyl sites for hydroxylation is 1. The Hall–Kier alpha value is -3.34. The van der Waals surface area contributed by atoms with E-state index in [1.165, 1.54) is 4.57 Å². The Morgan fingerprint density at radius 3 is 2.40 bits per heavy atom. The summed E-state index contributed by atoms with van der Waals surface area (Å²) >= 11 is 0. The van der Waals surface area contributed by atoms with E-state index >= 15 is 0 Å². The van der Waals surface area contributed by atoms with E-state index in [4.69, 9.17) is 0 Å². The largest absolute Gasteiger partial charge is 0.354 e. The number of nitrogens with one attached hydrogen (secondary N) is 1. The van der Waals surface area contributed by atoms with Gasteiger partial charge in [-0.15, -0.1) is 0 Å². The third kappa shape index (κ3) is 2.16. The quantitative estimate of drug-likeness (QED) is 0.614. The van der Waals surface area contributed by atoms with Crippen molar-refractivity contribution in [3.63, 3.8) is 0 Å². The zero-order chi connectivity index (χ0) is 17.6. The summed E-state index contributed by atoms with van der Waals surface area (Å²) in [5, 5.41) is 3.64. The second-order valence-corrected chi connectivity index (χ2v) is 5.93. The molecule has 0 bridgehead atoms. The number of rotatable bonds is 2. The van der Waals surface area contributed by atoms with Gasteiger partial charge < -0.3 is 5.32 Å². The molecule has 0 unspecified atom stereocenters. The summed E-state index contributed by atoms with van der Waals surface area (Å²) in [6.45, 7) is 1.92. The molecule has 25 heavy (non-hydrogen) atoms. The summed E-state index contributed by atoms with van der Waals surface area (Å²) in [6, 6.07) is 17.1. The highest BCUT2D eigenvalue weighted by Crippen LogP contribution is 2.25. The molecule has 4 aromatic rings. The van der Waals surface area contributed by atoms with Crippen molar-refractivity contribution in [3.8, 4) is 5.69 Å². The number of benzene rings is 2. The molecule has 0 saturated carbocycles. The van der Waals surface area contributed by atoms with Crippen molar-refractivity contribution in [3.05, 3.63) is 82.4 Å². The summed E-state index contributed by atoms with van der Waals surface area (Å²) < 4.78 is 3.29. The fourth-order valence-corrected chi connectivity index (χ4v) is 3.33. The molecule has 2 aromatic carbocycles. The fourth-order valence-electron chi connectivity index (χ4n) is 3.33. The summed E-state index contributed by atoms with van der Waals surface area (Å²) in [5.74, 6) is -0.240. The second-order valence-electron chi connectivity index (χ2n) is 5.93. The van der Waals surface area contributed by atoms with Gasteiger partial charge in [-0.1, -0.05) is 36.4 Å². The molecule has 0 fully saturated rings. The van der Waals surface area contributed by atoms with Crippen LogP contribution in [-0.2, 0) is 0 Å². The Bertz CT molecular complexity index is 1170. The summed E-state index contributed by atoms with van der Waals surface area (Å²) in [5.41, 5.74) is 3.25. The molecule has 0 spiro atoms. The lowest BCUT2D eigenvalue weighted by Gasteiger charge is -2.12. The maximum absolute atomic E-state index is 13.2. The topological polar surface area (TPSA) is 55.5 Å². The summed E-state index contributed by atoms with van der Waals surface area (Å²) in [7, 11) is 1.59. The Labute approximate surface area is 144 Å². The number of fused-ring (bicyclic) bond motifs is 3. The summed E-state index contributed by atoms with van der Waals surface area (Å²) in [6.07, 6.45) is 1.61. The van der Waals surface area contributed by atoms with Crippen molar-refractivity contribution in [2.75, 3.05) is 7.05 Å². The number of para-hydroxylation sites is 2. The molecule has 5 nitrogen and oxygen atoms in total. The van der Waals surface area contributed by atoms with Crippen LogP contribution in [0.3, 0.4) is 0 Å². The third-order valence-electron chi connectivity index (χ3n) is 4.54. The van der Waals surface area contributed by atoms with Crippen molar-refractivity contribution >= 4 is 22.3 Å². The molecule has 124 valence electrons. The van der Waals surface area contributed by atoms with E-state index in [2.05, 4.69) is 5.32 Å². The Morgan fingerprint density at radius 2 is 1.68 bits per heavy atom. The molecule has 0 saturated heterocycles. The van der Waals surface area contributed by atoms with Gasteiger partial charge >= 0.3 is 0 Å². The van der Waals surface area contributed by atoms with Crippen molar-refractivity contribution < 1.29 is 4.79 Å². The molecule has 2 aromatic heterocycles. The van der Waals surface area contributed by atoms with E-state index in [1.54, 1.807) is 17.6 Å². The van der Waals surface area contributed by atoms with E-state index in [-0.39, 0.29) is 11.5 Å². The van der Waals surface area contributed by atoms with Gasteiger partial charge in [0.25, 0.3) is 11.5 Å². The monoisotopic (exact) mass is 331 g/mol. The first-order valence-electron chi connectivity index (χ1n) is 8.06. The molecule has 1 N–H and O–H groups in total. The van der Waals surface area contributed by atoms with Crippen molar-refractivity contribution in [2.24, 2.45) is 0 Å². The summed E-state index contributed by atoms with van der Waals surface area (Å²) in [4.78, 5) is 25.7. The highest BCUT2D eigenvalue weighted by atomic mass is 16.2. The fraction of sp³-hybridized carbons (Fsp3) is 0.100. The Kier molecular flexibility index (Phi) is 3.42. The zero-order valence-electron chi connectivity index (χ0n) is 14.0. The highest BCUT2D eigenvalue weighted by Gasteiger charge is 2.20. The standard InChI is InChI=1S/C20H17N3O2/c1-13-15-10-6-7-11-16(15)23-17(19(24)21-2)12-22(20(25)18(13)23)14-8-4-3-5-9-14/h3-12H,1-2H3,(H,21,24). The molecule has 2 heterocycles. The van der Waals surface area contributed by atoms with Crippen LogP contribution in [0.15, 0.2) is 65.6 Å².